The fourth-order valence-corrected chi connectivity index (χ4v) is 5.98. The minimum atomic E-state index is -1.11. The molecule has 1 N–H and O–H groups in total. The summed E-state index contributed by atoms with van der Waals surface area (Å²) in [6.45, 7) is 0.0530. The van der Waals surface area contributed by atoms with Crippen LogP contribution in [0.5, 0.6) is 0 Å². The molecule has 2 aliphatic heterocycles. The van der Waals surface area contributed by atoms with Gasteiger partial charge in [-0.25, -0.2) is 23.7 Å². The Morgan fingerprint density at radius 3 is 2.83 bits per heavy atom. The number of hydrogen-bond acceptors (Lipinski definition) is 6. The van der Waals surface area contributed by atoms with Gasteiger partial charge in [-0.2, -0.15) is 0 Å². The van der Waals surface area contributed by atoms with Gasteiger partial charge in [-0.1, -0.05) is 36.0 Å². The van der Waals surface area contributed by atoms with E-state index in [4.69, 9.17) is 9.73 Å². The highest BCUT2D eigenvalue weighted by molar-refractivity contribution is 8.13. The second-order valence-corrected chi connectivity index (χ2v) is 9.83. The maximum absolute atomic E-state index is 15.1. The number of imidazole rings is 1. The number of nitrogens with zero attached hydrogens (tertiary/aromatic N) is 4. The van der Waals surface area contributed by atoms with Gasteiger partial charge in [0.05, 0.1) is 12.3 Å². The van der Waals surface area contributed by atoms with E-state index in [9.17, 15) is 9.18 Å². The lowest BCUT2D eigenvalue weighted by atomic mass is 9.74. The van der Waals surface area contributed by atoms with Crippen molar-refractivity contribution in [3.8, 4) is 0 Å². The summed E-state index contributed by atoms with van der Waals surface area (Å²) in [5, 5.41) is 3.23. The summed E-state index contributed by atoms with van der Waals surface area (Å²) in [7, 11) is 0. The number of carbonyl (C=O) groups is 1. The van der Waals surface area contributed by atoms with Crippen LogP contribution in [0.2, 0.25) is 0 Å². The first-order valence-electron chi connectivity index (χ1n) is 11.5. The van der Waals surface area contributed by atoms with Gasteiger partial charge in [0.2, 0.25) is 5.78 Å². The summed E-state index contributed by atoms with van der Waals surface area (Å²) >= 11 is 1.40. The van der Waals surface area contributed by atoms with E-state index < -0.39 is 17.2 Å². The van der Waals surface area contributed by atoms with Crippen molar-refractivity contribution >= 4 is 28.6 Å². The minimum Gasteiger partial charge on any atom is -0.369 e. The van der Waals surface area contributed by atoms with Gasteiger partial charge in [0.25, 0.3) is 5.91 Å². The number of nitrogens with one attached hydrogen (secondary N) is 1. The minimum absolute atomic E-state index is 0.0530. The zero-order valence-corrected chi connectivity index (χ0v) is 19.8. The standard InChI is InChI=1S/C26H21F2N5O2S/c27-18-7-8-19(20(28)12-18)26-15-35-22(21-13-33-10-4-9-29-24(33)30-21)11-17(26)14-36-25(32-26)31-23(34)16-5-2-1-3-6-16/h1-10,12-13,17,22H,11,14-15H2,(H,31,32,34). The first kappa shape index (κ1) is 22.8. The van der Waals surface area contributed by atoms with Crippen LogP contribution in [0.25, 0.3) is 5.78 Å². The zero-order valence-electron chi connectivity index (χ0n) is 19.0. The first-order valence-corrected chi connectivity index (χ1v) is 12.5. The van der Waals surface area contributed by atoms with Crippen molar-refractivity contribution in [2.45, 2.75) is 18.1 Å². The van der Waals surface area contributed by atoms with Crippen LogP contribution < -0.4 is 5.32 Å². The molecule has 1 fully saturated rings. The number of fused-ring (bicyclic) bond motifs is 2. The van der Waals surface area contributed by atoms with Gasteiger partial charge < -0.3 is 10.1 Å². The summed E-state index contributed by atoms with van der Waals surface area (Å²) in [5.41, 5.74) is 0.358. The molecule has 6 rings (SSSR count). The number of aliphatic imine (C=N–C) groups is 1. The number of ether oxygens (including phenoxy) is 1. The molecule has 3 atom stereocenters. The van der Waals surface area contributed by atoms with Gasteiger partial charge in [0.1, 0.15) is 23.3 Å². The fourth-order valence-electron chi connectivity index (χ4n) is 4.82. The predicted octanol–water partition coefficient (Wildman–Crippen LogP) is 4.51. The van der Waals surface area contributed by atoms with Crippen molar-refractivity contribution in [1.29, 1.82) is 0 Å². The average Bonchev–Trinajstić information content (AvgIpc) is 3.33. The summed E-state index contributed by atoms with van der Waals surface area (Å²) in [5.74, 6) is -0.667. The molecule has 10 heteroatoms. The molecule has 0 bridgehead atoms. The number of carbonyl (C=O) groups excluding carboxylic acids is 1. The molecule has 2 aromatic heterocycles. The van der Waals surface area contributed by atoms with E-state index in [-0.39, 0.29) is 30.1 Å². The Balaban J connectivity index is 1.35. The predicted molar refractivity (Wildman–Crippen MR) is 132 cm³/mol. The normalized spacial score (nSPS) is 23.7. The van der Waals surface area contributed by atoms with E-state index in [1.165, 1.54) is 23.9 Å². The number of thioether (sulfide) groups is 1. The molecule has 0 aliphatic carbocycles. The monoisotopic (exact) mass is 505 g/mol. The number of amidine groups is 1. The van der Waals surface area contributed by atoms with Gasteiger partial charge in [0.15, 0.2) is 5.17 Å². The smallest absolute Gasteiger partial charge is 0.257 e. The van der Waals surface area contributed by atoms with Crippen LogP contribution in [0.1, 0.15) is 34.1 Å². The molecule has 2 aromatic carbocycles. The van der Waals surface area contributed by atoms with Crippen molar-refractivity contribution in [2.75, 3.05) is 12.4 Å². The van der Waals surface area contributed by atoms with Gasteiger partial charge >= 0.3 is 0 Å². The Kier molecular flexibility index (Phi) is 5.77. The largest absolute Gasteiger partial charge is 0.369 e. The van der Waals surface area contributed by atoms with Crippen LogP contribution in [0.15, 0.2) is 78.2 Å². The highest BCUT2D eigenvalue weighted by Crippen LogP contribution is 2.49. The van der Waals surface area contributed by atoms with E-state index in [2.05, 4.69) is 15.3 Å². The maximum Gasteiger partial charge on any atom is 0.257 e. The summed E-state index contributed by atoms with van der Waals surface area (Å²) in [6, 6.07) is 14.1. The number of rotatable bonds is 3. The van der Waals surface area contributed by atoms with Crippen LogP contribution in [0.4, 0.5) is 8.78 Å². The topological polar surface area (TPSA) is 80.9 Å². The van der Waals surface area contributed by atoms with Crippen LogP contribution >= 0.6 is 11.8 Å². The lowest BCUT2D eigenvalue weighted by Crippen LogP contribution is -2.49. The molecule has 3 unspecified atom stereocenters. The summed E-state index contributed by atoms with van der Waals surface area (Å²) in [4.78, 5) is 26.5. The Morgan fingerprint density at radius 1 is 1.17 bits per heavy atom. The number of benzene rings is 2. The second kappa shape index (κ2) is 9.11. The quantitative estimate of drug-likeness (QED) is 0.443. The Labute approximate surface area is 209 Å². The van der Waals surface area contributed by atoms with Gasteiger partial charge in [0, 0.05) is 47.5 Å². The number of halogens is 2. The Bertz CT molecular complexity index is 1440. The third-order valence-corrected chi connectivity index (χ3v) is 7.67. The maximum atomic E-state index is 15.1. The van der Waals surface area contributed by atoms with E-state index in [0.29, 0.717) is 28.7 Å². The molecule has 2 aliphatic rings. The number of hydrogen-bond donors (Lipinski definition) is 1. The fraction of sp³-hybridized carbons (Fsp3) is 0.231. The second-order valence-electron chi connectivity index (χ2n) is 8.82. The van der Waals surface area contributed by atoms with Crippen LogP contribution in [0.3, 0.4) is 0 Å². The molecular weight excluding hydrogens is 484 g/mol. The SMILES string of the molecule is O=C(NC1=NC2(c3ccc(F)cc3F)COC(c3cn4cccnc4n3)CC2CS1)c1ccccc1. The zero-order chi connectivity index (χ0) is 24.7. The lowest BCUT2D eigenvalue weighted by molar-refractivity contribution is -0.0605. The summed E-state index contributed by atoms with van der Waals surface area (Å²) in [6.07, 6.45) is 5.61. The van der Waals surface area contributed by atoms with E-state index in [1.54, 1.807) is 30.5 Å². The molecule has 4 aromatic rings. The highest BCUT2D eigenvalue weighted by atomic mass is 32.2. The summed E-state index contributed by atoms with van der Waals surface area (Å²) < 4.78 is 37.0. The molecule has 1 saturated heterocycles. The third-order valence-electron chi connectivity index (χ3n) is 6.64. The van der Waals surface area contributed by atoms with Crippen molar-refractivity contribution in [1.82, 2.24) is 19.7 Å². The van der Waals surface area contributed by atoms with Gasteiger partial charge in [-0.05, 0) is 30.7 Å². The molecule has 36 heavy (non-hydrogen) atoms. The molecule has 0 saturated carbocycles. The molecule has 0 radical (unpaired) electrons. The van der Waals surface area contributed by atoms with E-state index in [1.807, 2.05) is 28.9 Å². The van der Waals surface area contributed by atoms with E-state index in [0.717, 1.165) is 11.8 Å². The number of amides is 1. The first-order chi connectivity index (χ1) is 17.5. The van der Waals surface area contributed by atoms with Crippen LogP contribution in [-0.2, 0) is 10.3 Å². The highest BCUT2D eigenvalue weighted by Gasteiger charge is 2.50. The molecular formula is C26H21F2N5O2S. The molecule has 0 spiro atoms. The van der Waals surface area contributed by atoms with Crippen molar-refractivity contribution < 1.29 is 18.3 Å². The third kappa shape index (κ3) is 4.06. The van der Waals surface area contributed by atoms with Crippen LogP contribution in [0, 0.1) is 17.6 Å². The molecule has 1 amide bonds. The molecule has 182 valence electrons. The van der Waals surface area contributed by atoms with Crippen LogP contribution in [-0.4, -0.2) is 37.8 Å². The number of aromatic nitrogens is 3. The Morgan fingerprint density at radius 2 is 2.03 bits per heavy atom. The van der Waals surface area contributed by atoms with Gasteiger partial charge in [-0.3, -0.25) is 9.20 Å². The average molecular weight is 506 g/mol. The molecule has 4 heterocycles. The van der Waals surface area contributed by atoms with Crippen molar-refractivity contribution in [2.24, 2.45) is 10.9 Å². The van der Waals surface area contributed by atoms with E-state index >= 15 is 4.39 Å². The van der Waals surface area contributed by atoms with Gasteiger partial charge in [-0.15, -0.1) is 0 Å². The van der Waals surface area contributed by atoms with Crippen molar-refractivity contribution in [3.05, 3.63) is 102 Å². The molecule has 7 nitrogen and oxygen atoms in total. The Hall–Kier alpha value is -3.63. The van der Waals surface area contributed by atoms with Crippen molar-refractivity contribution in [3.63, 3.8) is 0 Å². The lowest BCUT2D eigenvalue weighted by Gasteiger charge is -2.46.